The molecule has 0 bridgehead atoms. The normalized spacial score (nSPS) is 34.3. The van der Waals surface area contributed by atoms with Crippen LogP contribution in [-0.4, -0.2) is 63.7 Å². The highest BCUT2D eigenvalue weighted by Gasteiger charge is 2.46. The van der Waals surface area contributed by atoms with E-state index >= 15 is 0 Å². The van der Waals surface area contributed by atoms with Crippen molar-refractivity contribution in [2.75, 3.05) is 52.7 Å². The van der Waals surface area contributed by atoms with Crippen LogP contribution in [0.25, 0.3) is 0 Å². The summed E-state index contributed by atoms with van der Waals surface area (Å²) in [4.78, 5) is 2.67. The molecule has 3 fully saturated rings. The van der Waals surface area contributed by atoms with Gasteiger partial charge in [-0.2, -0.15) is 0 Å². The highest BCUT2D eigenvalue weighted by molar-refractivity contribution is 4.97. The minimum absolute atomic E-state index is 0.199. The molecule has 0 unspecified atom stereocenters. The second-order valence-corrected chi connectivity index (χ2v) is 7.21. The smallest absolute Gasteiger partial charge is 0.0677 e. The summed E-state index contributed by atoms with van der Waals surface area (Å²) in [5, 5.41) is 0. The van der Waals surface area contributed by atoms with Gasteiger partial charge in [0.05, 0.1) is 19.3 Å². The van der Waals surface area contributed by atoms with Crippen LogP contribution >= 0.6 is 0 Å². The molecule has 0 saturated carbocycles. The van der Waals surface area contributed by atoms with Crippen molar-refractivity contribution in [3.05, 3.63) is 12.7 Å². The van der Waals surface area contributed by atoms with E-state index in [-0.39, 0.29) is 5.41 Å². The fraction of sp³-hybridized carbons (Fsp3) is 0.889. The molecule has 3 heterocycles. The van der Waals surface area contributed by atoms with Gasteiger partial charge in [0.25, 0.3) is 0 Å². The molecule has 0 aliphatic carbocycles. The minimum Gasteiger partial charge on any atom is -0.381 e. The average molecular weight is 309 g/mol. The fourth-order valence-corrected chi connectivity index (χ4v) is 4.39. The van der Waals surface area contributed by atoms with Crippen molar-refractivity contribution < 1.29 is 14.2 Å². The zero-order valence-electron chi connectivity index (χ0n) is 13.8. The summed E-state index contributed by atoms with van der Waals surface area (Å²) >= 11 is 0. The first kappa shape index (κ1) is 16.4. The van der Waals surface area contributed by atoms with E-state index in [4.69, 9.17) is 14.2 Å². The number of rotatable bonds is 6. The van der Waals surface area contributed by atoms with Crippen molar-refractivity contribution in [1.29, 1.82) is 0 Å². The number of piperidine rings is 1. The van der Waals surface area contributed by atoms with Crippen LogP contribution in [0.2, 0.25) is 0 Å². The molecular weight excluding hydrogens is 278 g/mol. The molecule has 0 N–H and O–H groups in total. The third-order valence-corrected chi connectivity index (χ3v) is 5.55. The molecule has 0 spiro atoms. The van der Waals surface area contributed by atoms with Gasteiger partial charge in [0.15, 0.2) is 0 Å². The Bertz CT molecular complexity index is 356. The van der Waals surface area contributed by atoms with Crippen LogP contribution in [0.15, 0.2) is 12.7 Å². The van der Waals surface area contributed by atoms with Crippen LogP contribution in [0, 0.1) is 11.3 Å². The lowest BCUT2D eigenvalue weighted by Gasteiger charge is -2.51. The molecule has 3 aliphatic heterocycles. The Morgan fingerprint density at radius 2 is 2.09 bits per heavy atom. The minimum atomic E-state index is 0.199. The van der Waals surface area contributed by atoms with Crippen molar-refractivity contribution in [2.24, 2.45) is 11.3 Å². The highest BCUT2D eigenvalue weighted by Crippen LogP contribution is 2.40. The van der Waals surface area contributed by atoms with E-state index in [1.807, 2.05) is 6.08 Å². The van der Waals surface area contributed by atoms with Crippen LogP contribution in [0.3, 0.4) is 0 Å². The SMILES string of the molecule is C=CCOC[C@]12CCCO[C@H]1CCN(CC1CCOCC1)C2. The molecule has 0 radical (unpaired) electrons. The predicted octanol–water partition coefficient (Wildman–Crippen LogP) is 2.49. The molecule has 126 valence electrons. The van der Waals surface area contributed by atoms with Gasteiger partial charge in [-0.1, -0.05) is 6.08 Å². The second-order valence-electron chi connectivity index (χ2n) is 7.21. The number of fused-ring (bicyclic) bond motifs is 1. The maximum absolute atomic E-state index is 6.10. The van der Waals surface area contributed by atoms with E-state index in [2.05, 4.69) is 11.5 Å². The number of nitrogens with zero attached hydrogens (tertiary/aromatic N) is 1. The van der Waals surface area contributed by atoms with Crippen molar-refractivity contribution in [1.82, 2.24) is 4.90 Å². The average Bonchev–Trinajstić information content (AvgIpc) is 2.56. The summed E-state index contributed by atoms with van der Waals surface area (Å²) in [7, 11) is 0. The maximum atomic E-state index is 6.10. The van der Waals surface area contributed by atoms with Gasteiger partial charge in [-0.05, 0) is 38.0 Å². The Morgan fingerprint density at radius 1 is 1.23 bits per heavy atom. The zero-order chi connectivity index (χ0) is 15.3. The Hall–Kier alpha value is -0.420. The Morgan fingerprint density at radius 3 is 2.91 bits per heavy atom. The molecule has 3 aliphatic rings. The molecule has 3 saturated heterocycles. The van der Waals surface area contributed by atoms with Crippen molar-refractivity contribution in [3.63, 3.8) is 0 Å². The summed E-state index contributed by atoms with van der Waals surface area (Å²) in [6.07, 6.45) is 8.22. The summed E-state index contributed by atoms with van der Waals surface area (Å²) in [5.74, 6) is 0.806. The zero-order valence-corrected chi connectivity index (χ0v) is 13.8. The van der Waals surface area contributed by atoms with Gasteiger partial charge in [0.1, 0.15) is 0 Å². The number of ether oxygens (including phenoxy) is 3. The maximum Gasteiger partial charge on any atom is 0.0677 e. The Labute approximate surface area is 134 Å². The molecule has 0 amide bonds. The van der Waals surface area contributed by atoms with Crippen LogP contribution in [0.5, 0.6) is 0 Å². The number of hydrogen-bond donors (Lipinski definition) is 0. The van der Waals surface area contributed by atoms with Gasteiger partial charge in [0, 0.05) is 44.9 Å². The van der Waals surface area contributed by atoms with Crippen LogP contribution in [-0.2, 0) is 14.2 Å². The molecule has 0 aromatic heterocycles. The van der Waals surface area contributed by atoms with E-state index in [1.54, 1.807) is 0 Å². The highest BCUT2D eigenvalue weighted by atomic mass is 16.5. The van der Waals surface area contributed by atoms with Gasteiger partial charge in [0.2, 0.25) is 0 Å². The van der Waals surface area contributed by atoms with Crippen LogP contribution in [0.1, 0.15) is 32.1 Å². The quantitative estimate of drug-likeness (QED) is 0.557. The first-order chi connectivity index (χ1) is 10.8. The topological polar surface area (TPSA) is 30.9 Å². The van der Waals surface area contributed by atoms with Gasteiger partial charge in [-0.25, -0.2) is 0 Å². The van der Waals surface area contributed by atoms with Crippen LogP contribution < -0.4 is 0 Å². The van der Waals surface area contributed by atoms with Crippen molar-refractivity contribution >= 4 is 0 Å². The van der Waals surface area contributed by atoms with Crippen molar-refractivity contribution in [2.45, 2.75) is 38.2 Å². The molecule has 2 atom stereocenters. The Balaban J connectivity index is 1.59. The lowest BCUT2D eigenvalue weighted by molar-refractivity contribution is -0.152. The van der Waals surface area contributed by atoms with E-state index in [1.165, 1.54) is 38.8 Å². The van der Waals surface area contributed by atoms with E-state index in [0.29, 0.717) is 12.7 Å². The van der Waals surface area contributed by atoms with Gasteiger partial charge in [-0.3, -0.25) is 0 Å². The molecule has 4 heteroatoms. The standard InChI is InChI=1S/C18H31NO3/c1-2-9-21-15-18-7-3-10-22-17(18)4-8-19(14-18)13-16-5-11-20-12-6-16/h2,16-17H,1,3-15H2/t17-,18+/m0/s1. The second kappa shape index (κ2) is 7.91. The molecular formula is C18H31NO3. The molecule has 4 nitrogen and oxygen atoms in total. The lowest BCUT2D eigenvalue weighted by atomic mass is 9.72. The monoisotopic (exact) mass is 309 g/mol. The summed E-state index contributed by atoms with van der Waals surface area (Å²) in [5.41, 5.74) is 0.199. The van der Waals surface area contributed by atoms with Gasteiger partial charge < -0.3 is 19.1 Å². The number of hydrogen-bond acceptors (Lipinski definition) is 4. The molecule has 0 aromatic rings. The van der Waals surface area contributed by atoms with Crippen LogP contribution in [0.4, 0.5) is 0 Å². The van der Waals surface area contributed by atoms with Gasteiger partial charge >= 0.3 is 0 Å². The van der Waals surface area contributed by atoms with Crippen molar-refractivity contribution in [3.8, 4) is 0 Å². The third kappa shape index (κ3) is 3.91. The first-order valence-electron chi connectivity index (χ1n) is 8.93. The summed E-state index contributed by atoms with van der Waals surface area (Å²) in [6, 6.07) is 0. The molecule has 0 aromatic carbocycles. The molecule has 22 heavy (non-hydrogen) atoms. The van der Waals surface area contributed by atoms with E-state index in [9.17, 15) is 0 Å². The number of likely N-dealkylation sites (tertiary alicyclic amines) is 1. The summed E-state index contributed by atoms with van der Waals surface area (Å²) in [6.45, 7) is 11.6. The lowest BCUT2D eigenvalue weighted by Crippen LogP contribution is -2.57. The van der Waals surface area contributed by atoms with E-state index < -0.39 is 0 Å². The van der Waals surface area contributed by atoms with E-state index in [0.717, 1.165) is 45.3 Å². The third-order valence-electron chi connectivity index (χ3n) is 5.55. The largest absolute Gasteiger partial charge is 0.381 e. The van der Waals surface area contributed by atoms with Gasteiger partial charge in [-0.15, -0.1) is 6.58 Å². The first-order valence-corrected chi connectivity index (χ1v) is 8.93. The Kier molecular flexibility index (Phi) is 5.91. The fourth-order valence-electron chi connectivity index (χ4n) is 4.39. The molecule has 3 rings (SSSR count). The predicted molar refractivity (Wildman–Crippen MR) is 87.0 cm³/mol. The summed E-state index contributed by atoms with van der Waals surface area (Å²) < 4.78 is 17.5.